The van der Waals surface area contributed by atoms with Gasteiger partial charge in [0.1, 0.15) is 0 Å². The van der Waals surface area contributed by atoms with Crippen molar-refractivity contribution in [2.45, 2.75) is 27.7 Å². The van der Waals surface area contributed by atoms with Crippen molar-refractivity contribution in [2.75, 3.05) is 0 Å². The maximum atomic E-state index is 3.85. The van der Waals surface area contributed by atoms with Crippen LogP contribution in [0.15, 0.2) is 66.3 Å². The molecule has 0 saturated heterocycles. The van der Waals surface area contributed by atoms with Crippen molar-refractivity contribution in [3.05, 3.63) is 77.4 Å². The Kier molecular flexibility index (Phi) is 6.08. The van der Waals surface area contributed by atoms with Gasteiger partial charge in [0.05, 0.1) is 0 Å². The molecule has 0 aromatic heterocycles. The zero-order chi connectivity index (χ0) is 14.3. The van der Waals surface area contributed by atoms with Gasteiger partial charge in [-0.05, 0) is 30.9 Å². The van der Waals surface area contributed by atoms with Gasteiger partial charge in [0.2, 0.25) is 0 Å². The Bertz CT molecular complexity index is 493. The lowest BCUT2D eigenvalue weighted by atomic mass is 10.0. The van der Waals surface area contributed by atoms with Crippen LogP contribution in [-0.2, 0) is 0 Å². The third-order valence-corrected chi connectivity index (χ3v) is 3.06. The largest absolute Gasteiger partial charge is 0.0988 e. The van der Waals surface area contributed by atoms with Gasteiger partial charge in [0.15, 0.2) is 0 Å². The molecule has 1 aromatic carbocycles. The highest BCUT2D eigenvalue weighted by Gasteiger charge is 1.95. The molecular weight excluding hydrogens is 228 g/mol. The Balaban J connectivity index is 2.76. The first-order chi connectivity index (χ1) is 9.02. The van der Waals surface area contributed by atoms with Gasteiger partial charge in [-0.25, -0.2) is 0 Å². The lowest BCUT2D eigenvalue weighted by Gasteiger charge is -2.03. The van der Waals surface area contributed by atoms with Gasteiger partial charge in [0.25, 0.3) is 0 Å². The van der Waals surface area contributed by atoms with Gasteiger partial charge < -0.3 is 0 Å². The Labute approximate surface area is 117 Å². The molecule has 0 atom stereocenters. The molecule has 0 saturated carbocycles. The van der Waals surface area contributed by atoms with Crippen molar-refractivity contribution < 1.29 is 0 Å². The van der Waals surface area contributed by atoms with E-state index in [2.05, 4.69) is 82.8 Å². The monoisotopic (exact) mass is 252 g/mol. The van der Waals surface area contributed by atoms with Crippen molar-refractivity contribution in [3.8, 4) is 0 Å². The van der Waals surface area contributed by atoms with E-state index in [0.29, 0.717) is 5.92 Å². The second-order valence-electron chi connectivity index (χ2n) is 5.18. The molecule has 0 amide bonds. The van der Waals surface area contributed by atoms with E-state index < -0.39 is 0 Å². The minimum Gasteiger partial charge on any atom is -0.0988 e. The van der Waals surface area contributed by atoms with Crippen LogP contribution in [0.1, 0.15) is 31.9 Å². The first kappa shape index (κ1) is 15.2. The number of hydrogen-bond acceptors (Lipinski definition) is 0. The average molecular weight is 252 g/mol. The van der Waals surface area contributed by atoms with Crippen LogP contribution in [-0.4, -0.2) is 0 Å². The summed E-state index contributed by atoms with van der Waals surface area (Å²) in [6.07, 6.45) is 10.5. The van der Waals surface area contributed by atoms with Crippen LogP contribution in [0.4, 0.5) is 0 Å². The van der Waals surface area contributed by atoms with Crippen LogP contribution in [0.2, 0.25) is 0 Å². The lowest BCUT2D eigenvalue weighted by Crippen LogP contribution is -1.88. The number of rotatable bonds is 5. The third-order valence-electron chi connectivity index (χ3n) is 3.06. The molecule has 0 bridgehead atoms. The molecule has 0 aliphatic carbocycles. The standard InChI is InChI=1S/C19H24/c1-6-19(15(2)3)14-10-17(5)9-13-18-11-7-16(4)8-12-18/h6-15H,1H2,2-5H3/b13-9+,17-10+,19-14+. The highest BCUT2D eigenvalue weighted by molar-refractivity contribution is 5.53. The summed E-state index contributed by atoms with van der Waals surface area (Å²) in [6, 6.07) is 8.54. The molecule has 0 fully saturated rings. The molecule has 1 rings (SSSR count). The van der Waals surface area contributed by atoms with Crippen LogP contribution in [0.3, 0.4) is 0 Å². The molecule has 19 heavy (non-hydrogen) atoms. The topological polar surface area (TPSA) is 0 Å². The van der Waals surface area contributed by atoms with Gasteiger partial charge in [-0.3, -0.25) is 0 Å². The van der Waals surface area contributed by atoms with Crippen LogP contribution in [0.5, 0.6) is 0 Å². The van der Waals surface area contributed by atoms with E-state index in [9.17, 15) is 0 Å². The van der Waals surface area contributed by atoms with Crippen LogP contribution in [0, 0.1) is 12.8 Å². The van der Waals surface area contributed by atoms with E-state index in [0.717, 1.165) is 0 Å². The Morgan fingerprint density at radius 1 is 1.11 bits per heavy atom. The van der Waals surface area contributed by atoms with Gasteiger partial charge in [-0.15, -0.1) is 0 Å². The smallest absolute Gasteiger partial charge is 0.0219 e. The molecule has 1 aromatic rings. The molecule has 0 radical (unpaired) electrons. The number of allylic oxidation sites excluding steroid dienone is 6. The zero-order valence-electron chi connectivity index (χ0n) is 12.5. The van der Waals surface area contributed by atoms with E-state index in [4.69, 9.17) is 0 Å². The van der Waals surface area contributed by atoms with E-state index in [1.165, 1.54) is 22.3 Å². The van der Waals surface area contributed by atoms with Gasteiger partial charge >= 0.3 is 0 Å². The summed E-state index contributed by atoms with van der Waals surface area (Å²) >= 11 is 0. The fraction of sp³-hybridized carbons (Fsp3) is 0.263. The third kappa shape index (κ3) is 5.56. The summed E-state index contributed by atoms with van der Waals surface area (Å²) in [5.74, 6) is 0.516. The molecule has 0 unspecified atom stereocenters. The second kappa shape index (κ2) is 7.58. The maximum Gasteiger partial charge on any atom is -0.0219 e. The summed E-state index contributed by atoms with van der Waals surface area (Å²) in [7, 11) is 0. The highest BCUT2D eigenvalue weighted by Crippen LogP contribution is 2.12. The number of hydrogen-bond donors (Lipinski definition) is 0. The Morgan fingerprint density at radius 3 is 2.26 bits per heavy atom. The second-order valence-corrected chi connectivity index (χ2v) is 5.18. The SMILES string of the molecule is C=C\C(=C/C=C(C)/C=C/c1ccc(C)cc1)C(C)C. The molecule has 0 heterocycles. The predicted octanol–water partition coefficient (Wildman–Crippen LogP) is 5.72. The van der Waals surface area contributed by atoms with Gasteiger partial charge in [-0.1, -0.05) is 86.2 Å². The highest BCUT2D eigenvalue weighted by atomic mass is 14.0. The molecular formula is C19H24. The fourth-order valence-electron chi connectivity index (χ4n) is 1.68. The molecule has 0 heteroatoms. The molecule has 0 nitrogen and oxygen atoms in total. The van der Waals surface area contributed by atoms with E-state index in [1.807, 2.05) is 6.08 Å². The summed E-state index contributed by atoms with van der Waals surface area (Å²) in [6.45, 7) is 12.4. The number of aryl methyl sites for hydroxylation is 1. The summed E-state index contributed by atoms with van der Waals surface area (Å²) in [5.41, 5.74) is 5.03. The Morgan fingerprint density at radius 2 is 1.74 bits per heavy atom. The van der Waals surface area contributed by atoms with E-state index >= 15 is 0 Å². The Hall–Kier alpha value is -1.82. The first-order valence-electron chi connectivity index (χ1n) is 6.78. The van der Waals surface area contributed by atoms with Crippen LogP contribution >= 0.6 is 0 Å². The summed E-state index contributed by atoms with van der Waals surface area (Å²) in [4.78, 5) is 0. The van der Waals surface area contributed by atoms with E-state index in [-0.39, 0.29) is 0 Å². The zero-order valence-corrected chi connectivity index (χ0v) is 12.5. The first-order valence-corrected chi connectivity index (χ1v) is 6.78. The van der Waals surface area contributed by atoms with Crippen molar-refractivity contribution in [3.63, 3.8) is 0 Å². The summed E-state index contributed by atoms with van der Waals surface area (Å²) in [5, 5.41) is 0. The molecule has 0 aliphatic rings. The predicted molar refractivity (Wildman–Crippen MR) is 87.1 cm³/mol. The van der Waals surface area contributed by atoms with Crippen LogP contribution in [0.25, 0.3) is 6.08 Å². The van der Waals surface area contributed by atoms with Gasteiger partial charge in [0, 0.05) is 0 Å². The minimum atomic E-state index is 0.516. The maximum absolute atomic E-state index is 3.85. The molecule has 0 N–H and O–H groups in total. The van der Waals surface area contributed by atoms with Gasteiger partial charge in [-0.2, -0.15) is 0 Å². The number of benzene rings is 1. The van der Waals surface area contributed by atoms with E-state index in [1.54, 1.807) is 0 Å². The molecule has 100 valence electrons. The summed E-state index contributed by atoms with van der Waals surface area (Å²) < 4.78 is 0. The van der Waals surface area contributed by atoms with Crippen molar-refractivity contribution in [1.29, 1.82) is 0 Å². The van der Waals surface area contributed by atoms with Crippen molar-refractivity contribution >= 4 is 6.08 Å². The fourth-order valence-corrected chi connectivity index (χ4v) is 1.68. The van der Waals surface area contributed by atoms with Crippen molar-refractivity contribution in [2.24, 2.45) is 5.92 Å². The minimum absolute atomic E-state index is 0.516. The molecule has 0 spiro atoms. The van der Waals surface area contributed by atoms with Crippen molar-refractivity contribution in [1.82, 2.24) is 0 Å². The average Bonchev–Trinajstić information content (AvgIpc) is 2.38. The lowest BCUT2D eigenvalue weighted by molar-refractivity contribution is 0.792. The van der Waals surface area contributed by atoms with Crippen LogP contribution < -0.4 is 0 Å². The quantitative estimate of drug-likeness (QED) is 0.588. The molecule has 0 aliphatic heterocycles. The normalized spacial score (nSPS) is 13.3.